The number of hydrogen-bond acceptors (Lipinski definition) is 3. The van der Waals surface area contributed by atoms with E-state index in [0.717, 1.165) is 11.3 Å². The summed E-state index contributed by atoms with van der Waals surface area (Å²) in [6, 6.07) is 9.79. The fourth-order valence-electron chi connectivity index (χ4n) is 0.793. The van der Waals surface area contributed by atoms with Crippen molar-refractivity contribution in [2.24, 2.45) is 5.16 Å². The van der Waals surface area contributed by atoms with Gasteiger partial charge in [-0.25, -0.2) is 0 Å². The first kappa shape index (κ1) is 8.14. The Bertz CT molecular complexity index is 246. The Labute approximate surface area is 71.5 Å². The van der Waals surface area contributed by atoms with Crippen LogP contribution < -0.4 is 0 Å². The summed E-state index contributed by atoms with van der Waals surface area (Å²) in [6.07, 6.45) is 0. The lowest BCUT2D eigenvalue weighted by Crippen LogP contribution is -1.92. The molecule has 0 saturated heterocycles. The lowest BCUT2D eigenvalue weighted by molar-refractivity contribution is 0.414. The van der Waals surface area contributed by atoms with Gasteiger partial charge in [-0.15, -0.1) is 0 Å². The predicted octanol–water partition coefficient (Wildman–Crippen LogP) is 2.27. The van der Waals surface area contributed by atoms with Gasteiger partial charge in [0.05, 0.1) is 18.6 Å². The number of benzene rings is 1. The van der Waals surface area contributed by atoms with Gasteiger partial charge in [-0.2, -0.15) is 0 Å². The lowest BCUT2D eigenvalue weighted by atomic mass is 10.1. The Morgan fingerprint density at radius 2 is 2.00 bits per heavy atom. The normalized spacial score (nSPS) is 11.3. The highest BCUT2D eigenvalue weighted by Crippen LogP contribution is 2.01. The standard InChI is InChI=1S/C8H9NOS/c1-7(9-10-11)8-5-3-2-4-6-8/h2-6,11H,1H3/b9-7-. The van der Waals surface area contributed by atoms with Crippen molar-refractivity contribution in [2.45, 2.75) is 6.92 Å². The summed E-state index contributed by atoms with van der Waals surface area (Å²) in [5.74, 6) is 0. The molecule has 0 aliphatic rings. The van der Waals surface area contributed by atoms with Crippen molar-refractivity contribution in [1.82, 2.24) is 0 Å². The van der Waals surface area contributed by atoms with Crippen LogP contribution in [0.3, 0.4) is 0 Å². The number of hydrogen-bond donors (Lipinski definition) is 1. The molecule has 0 spiro atoms. The first-order valence-electron chi connectivity index (χ1n) is 3.25. The summed E-state index contributed by atoms with van der Waals surface area (Å²) in [6.45, 7) is 1.87. The molecule has 1 aromatic rings. The van der Waals surface area contributed by atoms with E-state index in [-0.39, 0.29) is 0 Å². The van der Waals surface area contributed by atoms with Crippen molar-refractivity contribution < 1.29 is 4.28 Å². The van der Waals surface area contributed by atoms with Gasteiger partial charge in [0.1, 0.15) is 0 Å². The molecular formula is C8H9NOS. The molecule has 0 aromatic heterocycles. The molecule has 0 aliphatic heterocycles. The second-order valence-corrected chi connectivity index (χ2v) is 2.29. The van der Waals surface area contributed by atoms with Gasteiger partial charge in [0.15, 0.2) is 0 Å². The molecule has 0 atom stereocenters. The maximum absolute atomic E-state index is 4.34. The molecule has 1 aromatic carbocycles. The van der Waals surface area contributed by atoms with E-state index in [2.05, 4.69) is 22.3 Å². The fraction of sp³-hybridized carbons (Fsp3) is 0.125. The molecular weight excluding hydrogens is 158 g/mol. The van der Waals surface area contributed by atoms with E-state index >= 15 is 0 Å². The summed E-state index contributed by atoms with van der Waals surface area (Å²) in [4.78, 5) is 0. The van der Waals surface area contributed by atoms with Crippen molar-refractivity contribution in [3.63, 3.8) is 0 Å². The molecule has 0 radical (unpaired) electrons. The number of rotatable bonds is 2. The van der Waals surface area contributed by atoms with Crippen LogP contribution in [0.25, 0.3) is 0 Å². The number of thiol groups is 1. The van der Waals surface area contributed by atoms with E-state index in [1.165, 1.54) is 0 Å². The summed E-state index contributed by atoms with van der Waals surface area (Å²) in [7, 11) is 0. The van der Waals surface area contributed by atoms with Crippen LogP contribution in [0, 0.1) is 0 Å². The van der Waals surface area contributed by atoms with E-state index < -0.39 is 0 Å². The van der Waals surface area contributed by atoms with Crippen molar-refractivity contribution >= 4 is 18.6 Å². The molecule has 0 N–H and O–H groups in total. The van der Waals surface area contributed by atoms with Crippen molar-refractivity contribution in [3.05, 3.63) is 35.9 Å². The van der Waals surface area contributed by atoms with Gasteiger partial charge in [-0.3, -0.25) is 0 Å². The third-order valence-electron chi connectivity index (χ3n) is 1.37. The van der Waals surface area contributed by atoms with Gasteiger partial charge in [-0.1, -0.05) is 35.5 Å². The predicted molar refractivity (Wildman–Crippen MR) is 48.7 cm³/mol. The third-order valence-corrected chi connectivity index (χ3v) is 1.45. The van der Waals surface area contributed by atoms with Gasteiger partial charge in [0.2, 0.25) is 0 Å². The molecule has 0 amide bonds. The molecule has 1 rings (SSSR count). The summed E-state index contributed by atoms with van der Waals surface area (Å²) < 4.78 is 4.34. The van der Waals surface area contributed by atoms with Gasteiger partial charge in [0.25, 0.3) is 0 Å². The second-order valence-electron chi connectivity index (χ2n) is 2.12. The SMILES string of the molecule is C/C(=N/OS)c1ccccc1. The molecule has 58 valence electrons. The Balaban J connectivity index is 2.85. The first-order valence-corrected chi connectivity index (χ1v) is 3.61. The topological polar surface area (TPSA) is 21.6 Å². The second kappa shape index (κ2) is 4.03. The molecule has 0 bridgehead atoms. The maximum atomic E-state index is 4.34. The molecule has 2 nitrogen and oxygen atoms in total. The Morgan fingerprint density at radius 3 is 2.55 bits per heavy atom. The smallest absolute Gasteiger partial charge is 0.0853 e. The van der Waals surface area contributed by atoms with E-state index in [0.29, 0.717) is 0 Å². The van der Waals surface area contributed by atoms with Crippen LogP contribution in [0.4, 0.5) is 0 Å². The first-order chi connectivity index (χ1) is 5.34. The average Bonchev–Trinajstić information content (AvgIpc) is 2.07. The van der Waals surface area contributed by atoms with Crippen molar-refractivity contribution in [2.75, 3.05) is 0 Å². The number of oxime groups is 1. The molecule has 0 saturated carbocycles. The third kappa shape index (κ3) is 2.27. The Morgan fingerprint density at radius 1 is 1.36 bits per heavy atom. The van der Waals surface area contributed by atoms with E-state index in [1.807, 2.05) is 37.3 Å². The minimum absolute atomic E-state index is 0.820. The fourth-order valence-corrected chi connectivity index (χ4v) is 0.916. The molecule has 0 unspecified atom stereocenters. The minimum atomic E-state index is 0.820. The Kier molecular flexibility index (Phi) is 2.98. The maximum Gasteiger partial charge on any atom is 0.0853 e. The van der Waals surface area contributed by atoms with E-state index in [1.54, 1.807) is 0 Å². The van der Waals surface area contributed by atoms with E-state index in [9.17, 15) is 0 Å². The zero-order valence-corrected chi connectivity index (χ0v) is 7.08. The molecule has 11 heavy (non-hydrogen) atoms. The van der Waals surface area contributed by atoms with Crippen LogP contribution in [0.5, 0.6) is 0 Å². The summed E-state index contributed by atoms with van der Waals surface area (Å²) in [5, 5.41) is 3.68. The highest BCUT2D eigenvalue weighted by Gasteiger charge is 1.93. The molecule has 3 heteroatoms. The largest absolute Gasteiger partial charge is 0.325 e. The monoisotopic (exact) mass is 167 g/mol. The van der Waals surface area contributed by atoms with Gasteiger partial charge in [-0.05, 0) is 12.5 Å². The van der Waals surface area contributed by atoms with Gasteiger partial charge in [0, 0.05) is 0 Å². The lowest BCUT2D eigenvalue weighted by Gasteiger charge is -1.96. The minimum Gasteiger partial charge on any atom is -0.325 e. The van der Waals surface area contributed by atoms with Crippen LogP contribution >= 0.6 is 12.9 Å². The van der Waals surface area contributed by atoms with Gasteiger partial charge < -0.3 is 4.28 Å². The molecule has 0 aliphatic carbocycles. The average molecular weight is 167 g/mol. The summed E-state index contributed by atoms with van der Waals surface area (Å²) >= 11 is 3.52. The van der Waals surface area contributed by atoms with Crippen LogP contribution in [0.1, 0.15) is 12.5 Å². The molecule has 0 heterocycles. The zero-order chi connectivity index (χ0) is 8.10. The van der Waals surface area contributed by atoms with Crippen molar-refractivity contribution in [3.8, 4) is 0 Å². The van der Waals surface area contributed by atoms with Crippen molar-refractivity contribution in [1.29, 1.82) is 0 Å². The highest BCUT2D eigenvalue weighted by atomic mass is 32.1. The quantitative estimate of drug-likeness (QED) is 0.310. The van der Waals surface area contributed by atoms with Crippen LogP contribution in [-0.2, 0) is 4.28 Å². The van der Waals surface area contributed by atoms with Gasteiger partial charge >= 0.3 is 0 Å². The molecule has 0 fully saturated rings. The summed E-state index contributed by atoms with van der Waals surface area (Å²) in [5.41, 5.74) is 1.86. The van der Waals surface area contributed by atoms with E-state index in [4.69, 9.17) is 0 Å². The van der Waals surface area contributed by atoms with Crippen LogP contribution in [0.2, 0.25) is 0 Å². The van der Waals surface area contributed by atoms with Crippen LogP contribution in [0.15, 0.2) is 35.5 Å². The highest BCUT2D eigenvalue weighted by molar-refractivity contribution is 7.75. The zero-order valence-electron chi connectivity index (χ0n) is 6.19. The van der Waals surface area contributed by atoms with Crippen LogP contribution in [-0.4, -0.2) is 5.71 Å². The Hall–Kier alpha value is -0.960. The number of nitrogens with zero attached hydrogens (tertiary/aromatic N) is 1.